The van der Waals surface area contributed by atoms with Gasteiger partial charge in [-0.15, -0.1) is 0 Å². The molecule has 0 spiro atoms. The van der Waals surface area contributed by atoms with Crippen LogP contribution in [-0.2, 0) is 9.59 Å². The number of carbonyl (C=O) groups is 3. The Morgan fingerprint density at radius 1 is 1.29 bits per heavy atom. The number of nitrogens with two attached hydrogens (primary N) is 1. The average Bonchev–Trinajstić information content (AvgIpc) is 2.80. The van der Waals surface area contributed by atoms with Crippen LogP contribution in [0.1, 0.15) is 30.6 Å². The minimum atomic E-state index is -0.459. The summed E-state index contributed by atoms with van der Waals surface area (Å²) >= 11 is 0. The van der Waals surface area contributed by atoms with E-state index in [-0.39, 0.29) is 24.3 Å². The Kier molecular flexibility index (Phi) is 4.26. The number of hydrogen-bond acceptors (Lipinski definition) is 3. The normalized spacial score (nSPS) is 18.1. The predicted molar refractivity (Wildman–Crippen MR) is 78.7 cm³/mol. The lowest BCUT2D eigenvalue weighted by Crippen LogP contribution is -2.30. The van der Waals surface area contributed by atoms with Gasteiger partial charge in [-0.25, -0.2) is 0 Å². The Labute approximate surface area is 123 Å². The number of amides is 3. The van der Waals surface area contributed by atoms with Gasteiger partial charge in [0.05, 0.1) is 5.92 Å². The maximum atomic E-state index is 11.9. The fraction of sp³-hybridized carbons (Fsp3) is 0.400. The van der Waals surface area contributed by atoms with Crippen molar-refractivity contribution in [3.63, 3.8) is 0 Å². The molecule has 6 nitrogen and oxygen atoms in total. The number of anilines is 1. The minimum absolute atomic E-state index is 0.0636. The smallest absolute Gasteiger partial charge is 0.251 e. The molecule has 6 heteroatoms. The molecule has 1 aromatic rings. The van der Waals surface area contributed by atoms with Crippen molar-refractivity contribution in [3.05, 3.63) is 29.8 Å². The first-order valence-electron chi connectivity index (χ1n) is 6.89. The molecule has 1 aliphatic heterocycles. The highest BCUT2D eigenvalue weighted by atomic mass is 16.2. The lowest BCUT2D eigenvalue weighted by molar-refractivity contribution is -0.123. The molecule has 0 saturated carbocycles. The van der Waals surface area contributed by atoms with Gasteiger partial charge < -0.3 is 16.0 Å². The second-order valence-electron chi connectivity index (χ2n) is 5.48. The van der Waals surface area contributed by atoms with Crippen molar-refractivity contribution in [3.8, 4) is 0 Å². The van der Waals surface area contributed by atoms with Crippen LogP contribution in [0, 0.1) is 5.92 Å². The van der Waals surface area contributed by atoms with Crippen molar-refractivity contribution in [2.45, 2.75) is 26.3 Å². The van der Waals surface area contributed by atoms with E-state index in [1.807, 2.05) is 13.8 Å². The molecule has 3 N–H and O–H groups in total. The molecule has 0 bridgehead atoms. The zero-order valence-electron chi connectivity index (χ0n) is 12.1. The van der Waals surface area contributed by atoms with E-state index in [1.165, 1.54) is 4.90 Å². The summed E-state index contributed by atoms with van der Waals surface area (Å²) in [4.78, 5) is 36.4. The lowest BCUT2D eigenvalue weighted by atomic mass is 10.1. The van der Waals surface area contributed by atoms with E-state index in [1.54, 1.807) is 24.3 Å². The molecular weight excluding hydrogens is 270 g/mol. The number of nitrogens with zero attached hydrogens (tertiary/aromatic N) is 1. The first-order valence-corrected chi connectivity index (χ1v) is 6.89. The molecule has 1 heterocycles. The van der Waals surface area contributed by atoms with Crippen LogP contribution in [0.25, 0.3) is 0 Å². The molecule has 112 valence electrons. The van der Waals surface area contributed by atoms with E-state index in [0.717, 1.165) is 0 Å². The Hall–Kier alpha value is -2.37. The molecule has 0 aliphatic carbocycles. The first-order chi connectivity index (χ1) is 9.88. The van der Waals surface area contributed by atoms with Crippen LogP contribution in [-0.4, -0.2) is 30.3 Å². The number of benzene rings is 1. The van der Waals surface area contributed by atoms with Crippen LogP contribution >= 0.6 is 0 Å². The van der Waals surface area contributed by atoms with E-state index >= 15 is 0 Å². The van der Waals surface area contributed by atoms with Crippen LogP contribution in [0.15, 0.2) is 24.3 Å². The number of hydrogen-bond donors (Lipinski definition) is 2. The van der Waals surface area contributed by atoms with Gasteiger partial charge in [0.1, 0.15) is 0 Å². The van der Waals surface area contributed by atoms with E-state index in [9.17, 15) is 14.4 Å². The zero-order valence-corrected chi connectivity index (χ0v) is 12.1. The second kappa shape index (κ2) is 5.95. The molecule has 1 fully saturated rings. The summed E-state index contributed by atoms with van der Waals surface area (Å²) in [6.45, 7) is 4.07. The van der Waals surface area contributed by atoms with Crippen LogP contribution in [0.5, 0.6) is 0 Å². The van der Waals surface area contributed by atoms with E-state index in [4.69, 9.17) is 5.73 Å². The Bertz CT molecular complexity index is 566. The topological polar surface area (TPSA) is 92.5 Å². The number of rotatable bonds is 4. The van der Waals surface area contributed by atoms with Gasteiger partial charge in [0.25, 0.3) is 5.91 Å². The summed E-state index contributed by atoms with van der Waals surface area (Å²) in [5.74, 6) is -1.18. The second-order valence-corrected chi connectivity index (χ2v) is 5.48. The standard InChI is InChI=1S/C15H19N3O3/c1-9(2)17-15(21)10-3-5-12(6-4-10)18-8-11(14(16)20)7-13(18)19/h3-6,9,11H,7-8H2,1-2H3,(H2,16,20)(H,17,21). The van der Waals surface area contributed by atoms with E-state index < -0.39 is 11.8 Å². The van der Waals surface area contributed by atoms with Crippen molar-refractivity contribution < 1.29 is 14.4 Å². The van der Waals surface area contributed by atoms with Crippen molar-refractivity contribution >= 4 is 23.4 Å². The fourth-order valence-electron chi connectivity index (χ4n) is 2.29. The van der Waals surface area contributed by atoms with Crippen molar-refractivity contribution in [1.82, 2.24) is 5.32 Å². The number of nitrogens with one attached hydrogen (secondary N) is 1. The van der Waals surface area contributed by atoms with Gasteiger partial charge in [-0.3, -0.25) is 14.4 Å². The van der Waals surface area contributed by atoms with Gasteiger partial charge in [-0.2, -0.15) is 0 Å². The molecule has 2 rings (SSSR count). The van der Waals surface area contributed by atoms with Crippen LogP contribution in [0.4, 0.5) is 5.69 Å². The highest BCUT2D eigenvalue weighted by Crippen LogP contribution is 2.25. The maximum absolute atomic E-state index is 11.9. The Balaban J connectivity index is 2.11. The van der Waals surface area contributed by atoms with Gasteiger partial charge in [-0.05, 0) is 38.1 Å². The summed E-state index contributed by atoms with van der Waals surface area (Å²) in [6.07, 6.45) is 0.144. The van der Waals surface area contributed by atoms with Crippen LogP contribution in [0.2, 0.25) is 0 Å². The third kappa shape index (κ3) is 3.39. The molecule has 3 amide bonds. The summed E-state index contributed by atoms with van der Waals surface area (Å²) in [5, 5.41) is 2.80. The SMILES string of the molecule is CC(C)NC(=O)c1ccc(N2CC(C(N)=O)CC2=O)cc1. The number of primary amides is 1. The molecule has 1 aliphatic rings. The van der Waals surface area contributed by atoms with Crippen molar-refractivity contribution in [2.24, 2.45) is 11.7 Å². The monoisotopic (exact) mass is 289 g/mol. The van der Waals surface area contributed by atoms with Gasteiger partial charge in [0, 0.05) is 30.3 Å². The molecule has 0 radical (unpaired) electrons. The maximum Gasteiger partial charge on any atom is 0.251 e. The van der Waals surface area contributed by atoms with Gasteiger partial charge >= 0.3 is 0 Å². The average molecular weight is 289 g/mol. The van der Waals surface area contributed by atoms with E-state index in [0.29, 0.717) is 17.8 Å². The third-order valence-electron chi connectivity index (χ3n) is 3.39. The summed E-state index contributed by atoms with van der Waals surface area (Å²) < 4.78 is 0. The highest BCUT2D eigenvalue weighted by molar-refractivity contribution is 6.00. The van der Waals surface area contributed by atoms with Crippen LogP contribution < -0.4 is 16.0 Å². The quantitative estimate of drug-likeness (QED) is 0.853. The largest absolute Gasteiger partial charge is 0.369 e. The minimum Gasteiger partial charge on any atom is -0.369 e. The molecule has 1 atom stereocenters. The Morgan fingerprint density at radius 3 is 2.38 bits per heavy atom. The van der Waals surface area contributed by atoms with Crippen LogP contribution in [0.3, 0.4) is 0 Å². The molecule has 0 aromatic heterocycles. The van der Waals surface area contributed by atoms with Gasteiger partial charge in [0.15, 0.2) is 0 Å². The van der Waals surface area contributed by atoms with Crippen molar-refractivity contribution in [1.29, 1.82) is 0 Å². The number of carbonyl (C=O) groups excluding carboxylic acids is 3. The van der Waals surface area contributed by atoms with E-state index in [2.05, 4.69) is 5.32 Å². The highest BCUT2D eigenvalue weighted by Gasteiger charge is 2.33. The van der Waals surface area contributed by atoms with Gasteiger partial charge in [0.2, 0.25) is 11.8 Å². The zero-order chi connectivity index (χ0) is 15.6. The predicted octanol–water partition coefficient (Wildman–Crippen LogP) is 0.663. The Morgan fingerprint density at radius 2 is 1.90 bits per heavy atom. The lowest BCUT2D eigenvalue weighted by Gasteiger charge is -2.16. The first kappa shape index (κ1) is 15.0. The molecule has 1 saturated heterocycles. The molecule has 21 heavy (non-hydrogen) atoms. The summed E-state index contributed by atoms with van der Waals surface area (Å²) in [6, 6.07) is 6.80. The summed E-state index contributed by atoms with van der Waals surface area (Å²) in [5.41, 5.74) is 6.44. The summed E-state index contributed by atoms with van der Waals surface area (Å²) in [7, 11) is 0. The molecule has 1 aromatic carbocycles. The van der Waals surface area contributed by atoms with Crippen molar-refractivity contribution in [2.75, 3.05) is 11.4 Å². The fourth-order valence-corrected chi connectivity index (χ4v) is 2.29. The molecular formula is C15H19N3O3. The van der Waals surface area contributed by atoms with Gasteiger partial charge in [-0.1, -0.05) is 0 Å². The molecule has 1 unspecified atom stereocenters. The third-order valence-corrected chi connectivity index (χ3v) is 3.39.